The molecule has 1 aliphatic heterocycles. The zero-order chi connectivity index (χ0) is 10.0. The van der Waals surface area contributed by atoms with Gasteiger partial charge in [0.15, 0.2) is 5.72 Å². The predicted molar refractivity (Wildman–Crippen MR) is 54.7 cm³/mol. The summed E-state index contributed by atoms with van der Waals surface area (Å²) in [6, 6.07) is 5.89. The molecule has 3 heteroatoms. The highest BCUT2D eigenvalue weighted by Crippen LogP contribution is 2.24. The Kier molecular flexibility index (Phi) is 2.52. The molecule has 1 aromatic rings. The Morgan fingerprint density at radius 3 is 3.00 bits per heavy atom. The smallest absolute Gasteiger partial charge is 0.159 e. The van der Waals surface area contributed by atoms with Crippen LogP contribution in [0.3, 0.4) is 0 Å². The van der Waals surface area contributed by atoms with E-state index in [-0.39, 0.29) is 0 Å². The molecule has 2 rings (SSSR count). The first-order valence-electron chi connectivity index (χ1n) is 5.01. The number of hydrogen-bond donors (Lipinski definition) is 1. The van der Waals surface area contributed by atoms with Crippen molar-refractivity contribution in [2.75, 3.05) is 13.2 Å². The van der Waals surface area contributed by atoms with Crippen LogP contribution < -0.4 is 5.32 Å². The number of pyridine rings is 1. The van der Waals surface area contributed by atoms with E-state index >= 15 is 0 Å². The van der Waals surface area contributed by atoms with Crippen molar-refractivity contribution >= 4 is 0 Å². The second-order valence-electron chi connectivity index (χ2n) is 4.05. The van der Waals surface area contributed by atoms with Gasteiger partial charge in [-0.1, -0.05) is 13.0 Å². The molecule has 0 saturated carbocycles. The van der Waals surface area contributed by atoms with Gasteiger partial charge in [-0.15, -0.1) is 0 Å². The SMILES string of the molecule is CC1CNC(C)(c2ccccn2)OC1. The van der Waals surface area contributed by atoms with Crippen LogP contribution in [0.1, 0.15) is 19.5 Å². The molecule has 1 N–H and O–H groups in total. The molecule has 2 heterocycles. The lowest BCUT2D eigenvalue weighted by Gasteiger charge is -2.37. The zero-order valence-electron chi connectivity index (χ0n) is 8.66. The number of aromatic nitrogens is 1. The van der Waals surface area contributed by atoms with Crippen LogP contribution in [0.4, 0.5) is 0 Å². The highest BCUT2D eigenvalue weighted by Gasteiger charge is 2.32. The summed E-state index contributed by atoms with van der Waals surface area (Å²) >= 11 is 0. The molecule has 1 aromatic heterocycles. The van der Waals surface area contributed by atoms with Gasteiger partial charge in [-0.25, -0.2) is 0 Å². The summed E-state index contributed by atoms with van der Waals surface area (Å²) < 4.78 is 5.79. The number of rotatable bonds is 1. The van der Waals surface area contributed by atoms with Gasteiger partial charge in [0, 0.05) is 12.7 Å². The Bertz CT molecular complexity index is 291. The molecule has 0 aromatic carbocycles. The summed E-state index contributed by atoms with van der Waals surface area (Å²) in [5.41, 5.74) is 0.542. The maximum Gasteiger partial charge on any atom is 0.159 e. The minimum atomic E-state index is -0.409. The Labute approximate surface area is 84.5 Å². The van der Waals surface area contributed by atoms with Crippen molar-refractivity contribution in [2.45, 2.75) is 19.6 Å². The lowest BCUT2D eigenvalue weighted by Crippen LogP contribution is -2.50. The van der Waals surface area contributed by atoms with Gasteiger partial charge in [-0.3, -0.25) is 10.3 Å². The molecule has 3 nitrogen and oxygen atoms in total. The second-order valence-corrected chi connectivity index (χ2v) is 4.05. The van der Waals surface area contributed by atoms with Crippen LogP contribution in [0.5, 0.6) is 0 Å². The van der Waals surface area contributed by atoms with Gasteiger partial charge in [-0.05, 0) is 25.0 Å². The Morgan fingerprint density at radius 2 is 2.43 bits per heavy atom. The van der Waals surface area contributed by atoms with E-state index in [0.29, 0.717) is 5.92 Å². The minimum absolute atomic E-state index is 0.409. The summed E-state index contributed by atoms with van der Waals surface area (Å²) in [4.78, 5) is 4.31. The average molecular weight is 192 g/mol. The molecule has 14 heavy (non-hydrogen) atoms. The number of nitrogens with zero attached hydrogens (tertiary/aromatic N) is 1. The zero-order valence-corrected chi connectivity index (χ0v) is 8.66. The summed E-state index contributed by atoms with van der Waals surface area (Å²) in [7, 11) is 0. The monoisotopic (exact) mass is 192 g/mol. The number of nitrogens with one attached hydrogen (secondary N) is 1. The third-order valence-corrected chi connectivity index (χ3v) is 2.60. The summed E-state index contributed by atoms with van der Waals surface area (Å²) in [6.07, 6.45) is 1.80. The topological polar surface area (TPSA) is 34.2 Å². The molecule has 0 spiro atoms. The van der Waals surface area contributed by atoms with Gasteiger partial charge in [0.1, 0.15) is 0 Å². The third kappa shape index (κ3) is 1.79. The Balaban J connectivity index is 2.17. The quantitative estimate of drug-likeness (QED) is 0.732. The maximum atomic E-state index is 5.79. The van der Waals surface area contributed by atoms with Gasteiger partial charge in [0.25, 0.3) is 0 Å². The first kappa shape index (κ1) is 9.62. The summed E-state index contributed by atoms with van der Waals surface area (Å²) in [5.74, 6) is 0.576. The Hall–Kier alpha value is -0.930. The lowest BCUT2D eigenvalue weighted by molar-refractivity contribution is -0.109. The first-order valence-corrected chi connectivity index (χ1v) is 5.01. The van der Waals surface area contributed by atoms with Crippen molar-refractivity contribution in [3.05, 3.63) is 30.1 Å². The molecule has 76 valence electrons. The highest BCUT2D eigenvalue weighted by molar-refractivity contribution is 5.12. The molecule has 1 aliphatic rings. The normalized spacial score (nSPS) is 32.9. The van der Waals surface area contributed by atoms with Gasteiger partial charge in [0.05, 0.1) is 12.3 Å². The van der Waals surface area contributed by atoms with E-state index in [4.69, 9.17) is 4.74 Å². The molecule has 2 unspecified atom stereocenters. The minimum Gasteiger partial charge on any atom is -0.355 e. The summed E-state index contributed by atoms with van der Waals surface area (Å²) in [6.45, 7) is 5.97. The summed E-state index contributed by atoms with van der Waals surface area (Å²) in [5, 5.41) is 3.38. The van der Waals surface area contributed by atoms with E-state index in [2.05, 4.69) is 17.2 Å². The average Bonchev–Trinajstić information content (AvgIpc) is 2.24. The van der Waals surface area contributed by atoms with Crippen LogP contribution in [-0.2, 0) is 10.5 Å². The van der Waals surface area contributed by atoms with Crippen molar-refractivity contribution in [1.29, 1.82) is 0 Å². The van der Waals surface area contributed by atoms with E-state index in [1.165, 1.54) is 0 Å². The molecular formula is C11H16N2O. The van der Waals surface area contributed by atoms with Crippen molar-refractivity contribution in [2.24, 2.45) is 5.92 Å². The molecule has 1 saturated heterocycles. The van der Waals surface area contributed by atoms with E-state index < -0.39 is 5.72 Å². The van der Waals surface area contributed by atoms with Crippen LogP contribution in [0.25, 0.3) is 0 Å². The fourth-order valence-electron chi connectivity index (χ4n) is 1.60. The molecule has 1 fully saturated rings. The van der Waals surface area contributed by atoms with E-state index in [1.807, 2.05) is 25.1 Å². The van der Waals surface area contributed by atoms with Gasteiger partial charge < -0.3 is 4.74 Å². The highest BCUT2D eigenvalue weighted by atomic mass is 16.5. The third-order valence-electron chi connectivity index (χ3n) is 2.60. The standard InChI is InChI=1S/C11H16N2O/c1-9-7-13-11(2,14-8-9)10-5-3-4-6-12-10/h3-6,9,13H,7-8H2,1-2H3. The van der Waals surface area contributed by atoms with E-state index in [9.17, 15) is 0 Å². The Morgan fingerprint density at radius 1 is 1.57 bits per heavy atom. The van der Waals surface area contributed by atoms with Crippen molar-refractivity contribution in [3.63, 3.8) is 0 Å². The molecule has 0 radical (unpaired) electrons. The van der Waals surface area contributed by atoms with Gasteiger partial charge in [0.2, 0.25) is 0 Å². The lowest BCUT2D eigenvalue weighted by atomic mass is 10.1. The van der Waals surface area contributed by atoms with Gasteiger partial charge >= 0.3 is 0 Å². The molecule has 2 atom stereocenters. The number of hydrogen-bond acceptors (Lipinski definition) is 3. The number of ether oxygens (including phenoxy) is 1. The van der Waals surface area contributed by atoms with Crippen LogP contribution in [0.2, 0.25) is 0 Å². The van der Waals surface area contributed by atoms with Crippen molar-refractivity contribution in [3.8, 4) is 0 Å². The molecule has 0 bridgehead atoms. The van der Waals surface area contributed by atoms with E-state index in [1.54, 1.807) is 6.20 Å². The van der Waals surface area contributed by atoms with Crippen LogP contribution >= 0.6 is 0 Å². The molecular weight excluding hydrogens is 176 g/mol. The van der Waals surface area contributed by atoms with E-state index in [0.717, 1.165) is 18.8 Å². The van der Waals surface area contributed by atoms with Crippen molar-refractivity contribution in [1.82, 2.24) is 10.3 Å². The fraction of sp³-hybridized carbons (Fsp3) is 0.545. The first-order chi connectivity index (χ1) is 6.71. The largest absolute Gasteiger partial charge is 0.355 e. The van der Waals surface area contributed by atoms with Crippen LogP contribution in [0, 0.1) is 5.92 Å². The van der Waals surface area contributed by atoms with Crippen molar-refractivity contribution < 1.29 is 4.74 Å². The fourth-order valence-corrected chi connectivity index (χ4v) is 1.60. The second kappa shape index (κ2) is 3.67. The maximum absolute atomic E-state index is 5.79. The van der Waals surface area contributed by atoms with Crippen LogP contribution in [0.15, 0.2) is 24.4 Å². The van der Waals surface area contributed by atoms with Crippen LogP contribution in [-0.4, -0.2) is 18.1 Å². The predicted octanol–water partition coefficient (Wildman–Crippen LogP) is 1.51. The molecule has 0 amide bonds. The molecule has 0 aliphatic carbocycles. The van der Waals surface area contributed by atoms with Gasteiger partial charge in [-0.2, -0.15) is 0 Å².